The van der Waals surface area contributed by atoms with Gasteiger partial charge in [-0.3, -0.25) is 9.69 Å². The van der Waals surface area contributed by atoms with Crippen LogP contribution in [-0.4, -0.2) is 42.0 Å². The highest BCUT2D eigenvalue weighted by Gasteiger charge is 2.16. The second-order valence-corrected chi connectivity index (χ2v) is 5.89. The highest BCUT2D eigenvalue weighted by atomic mass is 35.5. The molecule has 0 aromatic carbocycles. The van der Waals surface area contributed by atoms with E-state index in [1.54, 1.807) is 6.07 Å². The molecule has 1 heterocycles. The van der Waals surface area contributed by atoms with Gasteiger partial charge in [0.1, 0.15) is 4.34 Å². The summed E-state index contributed by atoms with van der Waals surface area (Å²) in [6.45, 7) is 3.89. The Morgan fingerprint density at radius 2 is 2.24 bits per heavy atom. The van der Waals surface area contributed by atoms with Crippen molar-refractivity contribution in [3.8, 4) is 0 Å². The fourth-order valence-electron chi connectivity index (χ4n) is 1.46. The number of Topliss-reactive ketones (excluding diaryl/α,β-unsaturated/α-hetero) is 1. The fourth-order valence-corrected chi connectivity index (χ4v) is 2.96. The van der Waals surface area contributed by atoms with Crippen LogP contribution in [0, 0.1) is 0 Å². The van der Waals surface area contributed by atoms with Crippen molar-refractivity contribution >= 4 is 40.3 Å². The standard InChI is InChI=1S/C11H15Cl2NO2S/c1-2-14(4-3-5-15)7-9(16)8-6-10(12)17-11(8)13/h6,15H,2-5,7H2,1H3. The van der Waals surface area contributed by atoms with Crippen LogP contribution in [0.2, 0.25) is 8.67 Å². The molecular weight excluding hydrogens is 281 g/mol. The molecule has 17 heavy (non-hydrogen) atoms. The van der Waals surface area contributed by atoms with Gasteiger partial charge in [0.05, 0.1) is 16.4 Å². The van der Waals surface area contributed by atoms with Gasteiger partial charge in [0.15, 0.2) is 5.78 Å². The molecule has 0 aliphatic carbocycles. The molecule has 0 fully saturated rings. The molecule has 1 aromatic rings. The maximum absolute atomic E-state index is 12.0. The lowest BCUT2D eigenvalue weighted by atomic mass is 10.2. The first kappa shape index (κ1) is 14.9. The van der Waals surface area contributed by atoms with Gasteiger partial charge in [0, 0.05) is 13.2 Å². The van der Waals surface area contributed by atoms with Crippen molar-refractivity contribution in [3.63, 3.8) is 0 Å². The zero-order valence-corrected chi connectivity index (χ0v) is 11.9. The van der Waals surface area contributed by atoms with Gasteiger partial charge in [-0.1, -0.05) is 30.1 Å². The topological polar surface area (TPSA) is 40.5 Å². The molecule has 0 atom stereocenters. The van der Waals surface area contributed by atoms with Gasteiger partial charge in [-0.05, 0) is 19.0 Å². The molecule has 1 aromatic heterocycles. The van der Waals surface area contributed by atoms with Crippen molar-refractivity contribution in [3.05, 3.63) is 20.3 Å². The number of carbonyl (C=O) groups excluding carboxylic acids is 1. The second kappa shape index (κ2) is 7.34. The van der Waals surface area contributed by atoms with E-state index in [9.17, 15) is 4.79 Å². The molecule has 0 aliphatic rings. The molecular formula is C11H15Cl2NO2S. The molecule has 0 radical (unpaired) electrons. The predicted octanol–water partition coefficient (Wildman–Crippen LogP) is 2.94. The Kier molecular flexibility index (Phi) is 6.44. The predicted molar refractivity (Wildman–Crippen MR) is 72.5 cm³/mol. The third-order valence-corrected chi connectivity index (χ3v) is 3.89. The average molecular weight is 296 g/mol. The summed E-state index contributed by atoms with van der Waals surface area (Å²) in [5, 5.41) is 8.76. The van der Waals surface area contributed by atoms with E-state index in [4.69, 9.17) is 28.3 Å². The molecule has 3 nitrogen and oxygen atoms in total. The van der Waals surface area contributed by atoms with Crippen molar-refractivity contribution in [1.82, 2.24) is 4.90 Å². The summed E-state index contributed by atoms with van der Waals surface area (Å²) in [5.74, 6) is -0.0297. The maximum Gasteiger partial charge on any atom is 0.179 e. The molecule has 0 spiro atoms. The largest absolute Gasteiger partial charge is 0.396 e. The third kappa shape index (κ3) is 4.56. The molecule has 0 amide bonds. The van der Waals surface area contributed by atoms with Crippen molar-refractivity contribution in [2.75, 3.05) is 26.2 Å². The van der Waals surface area contributed by atoms with Gasteiger partial charge in [-0.25, -0.2) is 0 Å². The average Bonchev–Trinajstić information content (AvgIpc) is 2.63. The van der Waals surface area contributed by atoms with Gasteiger partial charge < -0.3 is 5.11 Å². The molecule has 96 valence electrons. The Morgan fingerprint density at radius 1 is 1.53 bits per heavy atom. The number of rotatable bonds is 7. The number of hydrogen-bond acceptors (Lipinski definition) is 4. The van der Waals surface area contributed by atoms with Crippen LogP contribution in [-0.2, 0) is 0 Å². The highest BCUT2D eigenvalue weighted by Crippen LogP contribution is 2.31. The minimum atomic E-state index is -0.0297. The van der Waals surface area contributed by atoms with Crippen LogP contribution in [0.4, 0.5) is 0 Å². The van der Waals surface area contributed by atoms with Gasteiger partial charge >= 0.3 is 0 Å². The minimum Gasteiger partial charge on any atom is -0.396 e. The number of aliphatic hydroxyl groups excluding tert-OH is 1. The number of nitrogens with zero attached hydrogens (tertiary/aromatic N) is 1. The lowest BCUT2D eigenvalue weighted by Gasteiger charge is -2.18. The molecule has 0 bridgehead atoms. The van der Waals surface area contributed by atoms with Gasteiger partial charge in [-0.2, -0.15) is 0 Å². The monoisotopic (exact) mass is 295 g/mol. The van der Waals surface area contributed by atoms with Crippen LogP contribution in [0.5, 0.6) is 0 Å². The summed E-state index contributed by atoms with van der Waals surface area (Å²) in [5.41, 5.74) is 0.490. The van der Waals surface area contributed by atoms with Crippen LogP contribution in [0.1, 0.15) is 23.7 Å². The van der Waals surface area contributed by atoms with E-state index in [1.165, 1.54) is 11.3 Å². The van der Waals surface area contributed by atoms with Gasteiger partial charge in [0.25, 0.3) is 0 Å². The van der Waals surface area contributed by atoms with E-state index in [-0.39, 0.29) is 12.4 Å². The van der Waals surface area contributed by atoms with Crippen LogP contribution in [0.3, 0.4) is 0 Å². The van der Waals surface area contributed by atoms with E-state index < -0.39 is 0 Å². The Balaban J connectivity index is 2.61. The minimum absolute atomic E-state index is 0.0297. The quantitative estimate of drug-likeness (QED) is 0.786. The number of carbonyl (C=O) groups is 1. The van der Waals surface area contributed by atoms with E-state index in [1.807, 2.05) is 11.8 Å². The fraction of sp³-hybridized carbons (Fsp3) is 0.545. The maximum atomic E-state index is 12.0. The molecule has 0 aliphatic heterocycles. The molecule has 1 N–H and O–H groups in total. The summed E-state index contributed by atoms with van der Waals surface area (Å²) in [7, 11) is 0. The van der Waals surface area contributed by atoms with Crippen molar-refractivity contribution < 1.29 is 9.90 Å². The second-order valence-electron chi connectivity index (χ2n) is 3.61. The van der Waals surface area contributed by atoms with Crippen molar-refractivity contribution in [1.29, 1.82) is 0 Å². The van der Waals surface area contributed by atoms with Crippen LogP contribution < -0.4 is 0 Å². The Hall–Kier alpha value is -0.130. The lowest BCUT2D eigenvalue weighted by molar-refractivity contribution is 0.0929. The summed E-state index contributed by atoms with van der Waals surface area (Å²) >= 11 is 12.9. The third-order valence-electron chi connectivity index (χ3n) is 2.40. The van der Waals surface area contributed by atoms with Crippen LogP contribution in [0.15, 0.2) is 6.07 Å². The Morgan fingerprint density at radius 3 is 2.71 bits per heavy atom. The number of ketones is 1. The van der Waals surface area contributed by atoms with Crippen molar-refractivity contribution in [2.24, 2.45) is 0 Å². The molecule has 0 unspecified atom stereocenters. The Labute approximate surface area is 115 Å². The molecule has 0 saturated heterocycles. The SMILES string of the molecule is CCN(CCCO)CC(=O)c1cc(Cl)sc1Cl. The zero-order valence-electron chi connectivity index (χ0n) is 9.58. The summed E-state index contributed by atoms with van der Waals surface area (Å²) in [4.78, 5) is 13.9. The summed E-state index contributed by atoms with van der Waals surface area (Å²) in [6, 6.07) is 1.61. The van der Waals surface area contributed by atoms with E-state index in [0.717, 1.165) is 6.54 Å². The molecule has 1 rings (SSSR count). The first-order valence-corrected chi connectivity index (χ1v) is 6.97. The zero-order chi connectivity index (χ0) is 12.8. The number of aliphatic hydroxyl groups is 1. The smallest absolute Gasteiger partial charge is 0.179 e. The van der Waals surface area contributed by atoms with E-state index in [0.29, 0.717) is 33.7 Å². The number of hydrogen-bond donors (Lipinski definition) is 1. The van der Waals surface area contributed by atoms with Gasteiger partial charge in [-0.15, -0.1) is 11.3 Å². The van der Waals surface area contributed by atoms with E-state index in [2.05, 4.69) is 0 Å². The Bertz CT molecular complexity index is 382. The number of likely N-dealkylation sites (N-methyl/N-ethyl adjacent to an activating group) is 1. The lowest BCUT2D eigenvalue weighted by Crippen LogP contribution is -2.31. The van der Waals surface area contributed by atoms with Crippen LogP contribution >= 0.6 is 34.5 Å². The summed E-state index contributed by atoms with van der Waals surface area (Å²) in [6.07, 6.45) is 0.666. The van der Waals surface area contributed by atoms with Gasteiger partial charge in [0.2, 0.25) is 0 Å². The van der Waals surface area contributed by atoms with Crippen molar-refractivity contribution in [2.45, 2.75) is 13.3 Å². The first-order chi connectivity index (χ1) is 8.08. The molecule has 6 heteroatoms. The van der Waals surface area contributed by atoms with E-state index >= 15 is 0 Å². The first-order valence-electron chi connectivity index (χ1n) is 5.39. The normalized spacial score (nSPS) is 11.1. The molecule has 0 saturated carbocycles. The number of thiophene rings is 1. The summed E-state index contributed by atoms with van der Waals surface area (Å²) < 4.78 is 0.968. The highest BCUT2D eigenvalue weighted by molar-refractivity contribution is 7.20. The van der Waals surface area contributed by atoms with Crippen LogP contribution in [0.25, 0.3) is 0 Å². The number of halogens is 2.